The Hall–Kier alpha value is -3.19. The lowest BCUT2D eigenvalue weighted by Gasteiger charge is -2.18. The number of imide groups is 1. The second-order valence-electron chi connectivity index (χ2n) is 6.92. The summed E-state index contributed by atoms with van der Waals surface area (Å²) in [6, 6.07) is 11.4. The molecule has 0 atom stereocenters. The predicted molar refractivity (Wildman–Crippen MR) is 115 cm³/mol. The number of carbonyl (C=O) groups excluding carboxylic acids is 3. The van der Waals surface area contributed by atoms with E-state index in [0.29, 0.717) is 35.7 Å². The summed E-state index contributed by atoms with van der Waals surface area (Å²) in [4.78, 5) is 41.5. The van der Waals surface area contributed by atoms with E-state index in [9.17, 15) is 14.4 Å². The second kappa shape index (κ2) is 9.54. The Morgan fingerprint density at radius 2 is 1.63 bits per heavy atom. The lowest BCUT2D eigenvalue weighted by atomic mass is 10.1. The van der Waals surface area contributed by atoms with Crippen molar-refractivity contribution >= 4 is 23.4 Å². The molecular formula is C23H27N3O4. The Morgan fingerprint density at radius 1 is 0.967 bits per heavy atom. The third-order valence-electron chi connectivity index (χ3n) is 5.16. The number of anilines is 1. The summed E-state index contributed by atoms with van der Waals surface area (Å²) in [5.41, 5.74) is 1.37. The van der Waals surface area contributed by atoms with E-state index < -0.39 is 11.8 Å². The van der Waals surface area contributed by atoms with Gasteiger partial charge in [0.1, 0.15) is 5.75 Å². The minimum absolute atomic E-state index is 0.241. The van der Waals surface area contributed by atoms with Crippen LogP contribution in [0.4, 0.5) is 5.69 Å². The number of carbonyl (C=O) groups is 3. The van der Waals surface area contributed by atoms with E-state index in [1.165, 1.54) is 6.07 Å². The molecule has 7 nitrogen and oxygen atoms in total. The van der Waals surface area contributed by atoms with Gasteiger partial charge in [-0.15, -0.1) is 0 Å². The number of nitrogens with zero attached hydrogens (tertiary/aromatic N) is 2. The van der Waals surface area contributed by atoms with Gasteiger partial charge in [0.25, 0.3) is 17.7 Å². The minimum atomic E-state index is -0.433. The van der Waals surface area contributed by atoms with E-state index in [0.717, 1.165) is 24.5 Å². The number of ether oxygens (including phenoxy) is 1. The lowest BCUT2D eigenvalue weighted by molar-refractivity contribution is 0.0923. The van der Waals surface area contributed by atoms with Gasteiger partial charge in [-0.1, -0.05) is 13.8 Å². The lowest BCUT2D eigenvalue weighted by Crippen LogP contribution is -2.34. The first-order chi connectivity index (χ1) is 14.5. The first-order valence-corrected chi connectivity index (χ1v) is 10.3. The van der Waals surface area contributed by atoms with E-state index in [4.69, 9.17) is 4.74 Å². The molecule has 30 heavy (non-hydrogen) atoms. The summed E-state index contributed by atoms with van der Waals surface area (Å²) in [6.07, 6.45) is 0. The van der Waals surface area contributed by atoms with Crippen molar-refractivity contribution in [2.75, 3.05) is 37.7 Å². The van der Waals surface area contributed by atoms with Crippen LogP contribution in [-0.2, 0) is 0 Å². The van der Waals surface area contributed by atoms with Crippen LogP contribution in [0, 0.1) is 0 Å². The molecule has 0 saturated heterocycles. The van der Waals surface area contributed by atoms with Gasteiger partial charge in [-0.3, -0.25) is 14.4 Å². The average Bonchev–Trinajstić information content (AvgIpc) is 3.01. The van der Waals surface area contributed by atoms with Gasteiger partial charge in [0.15, 0.2) is 0 Å². The maximum Gasteiger partial charge on any atom is 0.266 e. The maximum atomic E-state index is 12.9. The Labute approximate surface area is 176 Å². The molecule has 1 N–H and O–H groups in total. The average molecular weight is 409 g/mol. The monoisotopic (exact) mass is 409 g/mol. The topological polar surface area (TPSA) is 79.0 Å². The molecule has 0 spiro atoms. The Balaban J connectivity index is 1.74. The molecule has 0 bridgehead atoms. The van der Waals surface area contributed by atoms with Gasteiger partial charge in [-0.05, 0) is 62.5 Å². The predicted octanol–water partition coefficient (Wildman–Crippen LogP) is 2.96. The van der Waals surface area contributed by atoms with Crippen LogP contribution in [0.25, 0.3) is 0 Å². The van der Waals surface area contributed by atoms with E-state index in [1.54, 1.807) is 36.4 Å². The molecule has 3 amide bonds. The zero-order valence-electron chi connectivity index (χ0n) is 17.6. The van der Waals surface area contributed by atoms with Crippen molar-refractivity contribution in [3.05, 3.63) is 59.2 Å². The smallest absolute Gasteiger partial charge is 0.266 e. The number of hydrogen-bond acceptors (Lipinski definition) is 5. The fourth-order valence-corrected chi connectivity index (χ4v) is 3.44. The molecule has 0 aliphatic carbocycles. The second-order valence-corrected chi connectivity index (χ2v) is 6.92. The Morgan fingerprint density at radius 3 is 2.27 bits per heavy atom. The molecule has 3 rings (SSSR count). The molecule has 2 aromatic rings. The third-order valence-corrected chi connectivity index (χ3v) is 5.16. The van der Waals surface area contributed by atoms with Crippen molar-refractivity contribution < 1.29 is 19.1 Å². The standard InChI is InChI=1S/C23H27N3O4/c1-4-25(5-2)14-13-24-21(27)16-7-12-19-20(15-16)23(29)26(22(19)28)17-8-10-18(11-9-17)30-6-3/h7-12,15H,4-6,13-14H2,1-3H3,(H,24,27). The molecule has 158 valence electrons. The Kier molecular flexibility index (Phi) is 6.84. The van der Waals surface area contributed by atoms with Gasteiger partial charge in [0.2, 0.25) is 0 Å². The van der Waals surface area contributed by atoms with E-state index >= 15 is 0 Å². The van der Waals surface area contributed by atoms with E-state index in [1.807, 2.05) is 6.92 Å². The van der Waals surface area contributed by atoms with Crippen LogP contribution >= 0.6 is 0 Å². The van der Waals surface area contributed by atoms with Crippen LogP contribution in [0.2, 0.25) is 0 Å². The number of amides is 3. The van der Waals surface area contributed by atoms with Gasteiger partial charge in [0.05, 0.1) is 23.4 Å². The van der Waals surface area contributed by atoms with Gasteiger partial charge in [-0.25, -0.2) is 4.90 Å². The highest BCUT2D eigenvalue weighted by Crippen LogP contribution is 2.30. The molecule has 0 aromatic heterocycles. The number of nitrogens with one attached hydrogen (secondary N) is 1. The highest BCUT2D eigenvalue weighted by Gasteiger charge is 2.37. The van der Waals surface area contributed by atoms with Gasteiger partial charge >= 0.3 is 0 Å². The van der Waals surface area contributed by atoms with Crippen molar-refractivity contribution in [3.63, 3.8) is 0 Å². The van der Waals surface area contributed by atoms with Crippen molar-refractivity contribution in [1.82, 2.24) is 10.2 Å². The summed E-state index contributed by atoms with van der Waals surface area (Å²) in [6.45, 7) is 9.68. The molecule has 0 radical (unpaired) electrons. The molecule has 1 heterocycles. The molecule has 7 heteroatoms. The number of fused-ring (bicyclic) bond motifs is 1. The summed E-state index contributed by atoms with van der Waals surface area (Å²) in [5.74, 6) is -0.421. The number of hydrogen-bond donors (Lipinski definition) is 1. The quantitative estimate of drug-likeness (QED) is 0.644. The van der Waals surface area contributed by atoms with Crippen molar-refractivity contribution in [2.24, 2.45) is 0 Å². The third kappa shape index (κ3) is 4.36. The summed E-state index contributed by atoms with van der Waals surface area (Å²) < 4.78 is 5.41. The largest absolute Gasteiger partial charge is 0.494 e. The minimum Gasteiger partial charge on any atom is -0.494 e. The first-order valence-electron chi connectivity index (χ1n) is 10.3. The van der Waals surface area contributed by atoms with Crippen LogP contribution in [-0.4, -0.2) is 55.4 Å². The van der Waals surface area contributed by atoms with Gasteiger partial charge in [0, 0.05) is 18.7 Å². The number of rotatable bonds is 9. The van der Waals surface area contributed by atoms with Crippen molar-refractivity contribution in [3.8, 4) is 5.75 Å². The van der Waals surface area contributed by atoms with Gasteiger partial charge in [-0.2, -0.15) is 0 Å². The fourth-order valence-electron chi connectivity index (χ4n) is 3.44. The van der Waals surface area contributed by atoms with Crippen LogP contribution in [0.1, 0.15) is 51.8 Å². The molecule has 0 fully saturated rings. The number of likely N-dealkylation sites (N-methyl/N-ethyl adjacent to an activating group) is 1. The molecule has 1 aliphatic heterocycles. The molecule has 2 aromatic carbocycles. The molecule has 0 unspecified atom stereocenters. The summed E-state index contributed by atoms with van der Waals surface area (Å²) >= 11 is 0. The highest BCUT2D eigenvalue weighted by atomic mass is 16.5. The summed E-state index contributed by atoms with van der Waals surface area (Å²) in [7, 11) is 0. The van der Waals surface area contributed by atoms with Crippen LogP contribution < -0.4 is 15.0 Å². The van der Waals surface area contributed by atoms with Crippen LogP contribution in [0.3, 0.4) is 0 Å². The normalized spacial score (nSPS) is 13.0. The van der Waals surface area contributed by atoms with Crippen LogP contribution in [0.15, 0.2) is 42.5 Å². The van der Waals surface area contributed by atoms with Crippen LogP contribution in [0.5, 0.6) is 5.75 Å². The first kappa shape index (κ1) is 21.5. The zero-order valence-corrected chi connectivity index (χ0v) is 17.6. The highest BCUT2D eigenvalue weighted by molar-refractivity contribution is 6.34. The van der Waals surface area contributed by atoms with Gasteiger partial charge < -0.3 is 15.0 Å². The zero-order chi connectivity index (χ0) is 21.7. The summed E-state index contributed by atoms with van der Waals surface area (Å²) in [5, 5.41) is 2.87. The van der Waals surface area contributed by atoms with E-state index in [2.05, 4.69) is 24.1 Å². The van der Waals surface area contributed by atoms with E-state index in [-0.39, 0.29) is 11.5 Å². The fraction of sp³-hybridized carbons (Fsp3) is 0.348. The maximum absolute atomic E-state index is 12.9. The Bertz CT molecular complexity index is 936. The van der Waals surface area contributed by atoms with Crippen molar-refractivity contribution in [2.45, 2.75) is 20.8 Å². The SMILES string of the molecule is CCOc1ccc(N2C(=O)c3ccc(C(=O)NCCN(CC)CC)cc3C2=O)cc1. The van der Waals surface area contributed by atoms with Crippen molar-refractivity contribution in [1.29, 1.82) is 0 Å². The molecule has 1 aliphatic rings. The molecule has 0 saturated carbocycles. The number of benzene rings is 2. The molecular weight excluding hydrogens is 382 g/mol.